The van der Waals surface area contributed by atoms with Gasteiger partial charge in [-0.05, 0) is 36.4 Å². The lowest BCUT2D eigenvalue weighted by Crippen LogP contribution is -2.26. The third-order valence-electron chi connectivity index (χ3n) is 3.04. The van der Waals surface area contributed by atoms with Crippen LogP contribution in [0, 0.1) is 5.82 Å². The Morgan fingerprint density at radius 3 is 2.23 bits per heavy atom. The minimum Gasteiger partial charge on any atom is -0.284 e. The lowest BCUT2D eigenvalue weighted by atomic mass is 10.3. The molecule has 0 fully saturated rings. The van der Waals surface area contributed by atoms with Gasteiger partial charge in [-0.15, -0.1) is 0 Å². The van der Waals surface area contributed by atoms with E-state index in [-0.39, 0.29) is 10.7 Å². The van der Waals surface area contributed by atoms with Gasteiger partial charge in [0, 0.05) is 12.3 Å². The average Bonchev–Trinajstić information content (AvgIpc) is 3.02. The van der Waals surface area contributed by atoms with Crippen molar-refractivity contribution in [1.82, 2.24) is 10.2 Å². The number of nitrogens with zero attached hydrogens (tertiary/aromatic N) is 2. The first-order valence-corrected chi connectivity index (χ1v) is 7.89. The van der Waals surface area contributed by atoms with Gasteiger partial charge < -0.3 is 0 Å². The third kappa shape index (κ3) is 2.58. The fourth-order valence-corrected chi connectivity index (χ4v) is 3.47. The molecule has 0 spiro atoms. The molecular weight excluding hydrogens is 305 g/mol. The number of halogens is 1. The Morgan fingerprint density at radius 1 is 0.955 bits per heavy atom. The molecule has 1 N–H and O–H groups in total. The van der Waals surface area contributed by atoms with Crippen LogP contribution >= 0.6 is 0 Å². The Labute approximate surface area is 127 Å². The number of hydrogen-bond acceptors (Lipinski definition) is 3. The van der Waals surface area contributed by atoms with Crippen molar-refractivity contribution < 1.29 is 12.8 Å². The first kappa shape index (κ1) is 14.3. The predicted octanol–water partition coefficient (Wildman–Crippen LogP) is 3.08. The molecule has 7 heteroatoms. The van der Waals surface area contributed by atoms with Gasteiger partial charge in [-0.2, -0.15) is 5.10 Å². The summed E-state index contributed by atoms with van der Waals surface area (Å²) in [5, 5.41) is 6.55. The number of rotatable bonds is 4. The number of H-pyrrole nitrogens is 1. The summed E-state index contributed by atoms with van der Waals surface area (Å²) in [6, 6.07) is 14.8. The van der Waals surface area contributed by atoms with Gasteiger partial charge in [0.05, 0.1) is 10.6 Å². The molecule has 1 aromatic heterocycles. The molecule has 0 bridgehead atoms. The summed E-state index contributed by atoms with van der Waals surface area (Å²) < 4.78 is 39.9. The Balaban J connectivity index is 2.16. The molecule has 0 aliphatic heterocycles. The zero-order chi connectivity index (χ0) is 15.6. The summed E-state index contributed by atoms with van der Waals surface area (Å²) in [7, 11) is -3.91. The van der Waals surface area contributed by atoms with Gasteiger partial charge in [0.2, 0.25) is 0 Å². The maximum Gasteiger partial charge on any atom is 0.269 e. The molecule has 22 heavy (non-hydrogen) atoms. The lowest BCUT2D eigenvalue weighted by molar-refractivity contribution is 0.594. The zero-order valence-electron chi connectivity index (χ0n) is 11.3. The molecule has 112 valence electrons. The number of aromatic amines is 1. The van der Waals surface area contributed by atoms with E-state index in [4.69, 9.17) is 0 Å². The highest BCUT2D eigenvalue weighted by molar-refractivity contribution is 7.93. The van der Waals surface area contributed by atoms with E-state index in [1.165, 1.54) is 18.3 Å². The van der Waals surface area contributed by atoms with Crippen LogP contribution in [0.2, 0.25) is 0 Å². The van der Waals surface area contributed by atoms with E-state index >= 15 is 0 Å². The van der Waals surface area contributed by atoms with E-state index in [0.29, 0.717) is 5.69 Å². The second kappa shape index (κ2) is 5.61. The highest BCUT2D eigenvalue weighted by Gasteiger charge is 2.27. The van der Waals surface area contributed by atoms with Crippen LogP contribution in [-0.2, 0) is 10.0 Å². The molecular formula is C15H12FN3O2S. The van der Waals surface area contributed by atoms with Crippen LogP contribution in [0.4, 0.5) is 15.9 Å². The first-order valence-electron chi connectivity index (χ1n) is 6.45. The zero-order valence-corrected chi connectivity index (χ0v) is 12.2. The number of benzene rings is 2. The Bertz CT molecular complexity index is 848. The molecule has 1 heterocycles. The minimum atomic E-state index is -3.91. The van der Waals surface area contributed by atoms with E-state index < -0.39 is 15.8 Å². The van der Waals surface area contributed by atoms with Crippen molar-refractivity contribution in [1.29, 1.82) is 0 Å². The number of para-hydroxylation sites is 1. The smallest absolute Gasteiger partial charge is 0.269 e. The second-order valence-electron chi connectivity index (χ2n) is 4.49. The molecule has 3 rings (SSSR count). The average molecular weight is 317 g/mol. The fourth-order valence-electron chi connectivity index (χ4n) is 2.04. The van der Waals surface area contributed by atoms with E-state index in [9.17, 15) is 12.8 Å². The van der Waals surface area contributed by atoms with E-state index in [1.54, 1.807) is 36.4 Å². The lowest BCUT2D eigenvalue weighted by Gasteiger charge is -2.22. The van der Waals surface area contributed by atoms with E-state index in [2.05, 4.69) is 10.2 Å². The Kier molecular flexibility index (Phi) is 3.64. The van der Waals surface area contributed by atoms with Gasteiger partial charge in [0.15, 0.2) is 5.82 Å². The minimum absolute atomic E-state index is 0.0132. The number of aromatic nitrogens is 2. The molecule has 0 atom stereocenters. The van der Waals surface area contributed by atoms with Crippen molar-refractivity contribution in [3.05, 3.63) is 72.7 Å². The number of hydrogen-bond donors (Lipinski definition) is 1. The summed E-state index contributed by atoms with van der Waals surface area (Å²) in [5.41, 5.74) is 0.443. The molecule has 0 aliphatic rings. The SMILES string of the molecule is O=S(=O)(c1ccc(F)cc1)N(c1ccccc1)c1cc[nH]n1. The van der Waals surface area contributed by atoms with Crippen LogP contribution < -0.4 is 4.31 Å². The summed E-state index contributed by atoms with van der Waals surface area (Å²) >= 11 is 0. The third-order valence-corrected chi connectivity index (χ3v) is 4.78. The topological polar surface area (TPSA) is 66.1 Å². The van der Waals surface area contributed by atoms with Gasteiger partial charge in [-0.3, -0.25) is 5.10 Å². The van der Waals surface area contributed by atoms with Crippen molar-refractivity contribution in [2.45, 2.75) is 4.90 Å². The highest BCUT2D eigenvalue weighted by atomic mass is 32.2. The molecule has 2 aromatic carbocycles. The quantitative estimate of drug-likeness (QED) is 0.804. The maximum absolute atomic E-state index is 13.0. The molecule has 0 amide bonds. The van der Waals surface area contributed by atoms with Crippen molar-refractivity contribution in [2.24, 2.45) is 0 Å². The molecule has 0 radical (unpaired) electrons. The van der Waals surface area contributed by atoms with Crippen LogP contribution in [0.15, 0.2) is 71.8 Å². The normalized spacial score (nSPS) is 11.3. The summed E-state index contributed by atoms with van der Waals surface area (Å²) in [6.07, 6.45) is 1.53. The molecule has 0 saturated carbocycles. The van der Waals surface area contributed by atoms with Crippen molar-refractivity contribution in [2.75, 3.05) is 4.31 Å². The molecule has 5 nitrogen and oxygen atoms in total. The van der Waals surface area contributed by atoms with Crippen molar-refractivity contribution in [3.63, 3.8) is 0 Å². The maximum atomic E-state index is 13.0. The molecule has 0 unspecified atom stereocenters. The van der Waals surface area contributed by atoms with Gasteiger partial charge >= 0.3 is 0 Å². The van der Waals surface area contributed by atoms with Gasteiger partial charge in [0.25, 0.3) is 10.0 Å². The van der Waals surface area contributed by atoms with Crippen molar-refractivity contribution >= 4 is 21.5 Å². The van der Waals surface area contributed by atoms with Crippen LogP contribution in [-0.4, -0.2) is 18.6 Å². The van der Waals surface area contributed by atoms with Gasteiger partial charge in [-0.25, -0.2) is 17.1 Å². The standard InChI is InChI=1S/C15H12FN3O2S/c16-12-6-8-14(9-7-12)22(20,21)19(15-10-11-17-18-15)13-4-2-1-3-5-13/h1-11H,(H,17,18). The Morgan fingerprint density at radius 2 is 1.64 bits per heavy atom. The number of sulfonamides is 1. The number of nitrogens with one attached hydrogen (secondary N) is 1. The number of anilines is 2. The van der Waals surface area contributed by atoms with Gasteiger partial charge in [-0.1, -0.05) is 18.2 Å². The Hall–Kier alpha value is -2.67. The largest absolute Gasteiger partial charge is 0.284 e. The summed E-state index contributed by atoms with van der Waals surface area (Å²) in [6.45, 7) is 0. The summed E-state index contributed by atoms with van der Waals surface area (Å²) in [5.74, 6) is -0.263. The predicted molar refractivity (Wildman–Crippen MR) is 80.8 cm³/mol. The van der Waals surface area contributed by atoms with Crippen LogP contribution in [0.1, 0.15) is 0 Å². The van der Waals surface area contributed by atoms with Crippen LogP contribution in [0.3, 0.4) is 0 Å². The van der Waals surface area contributed by atoms with E-state index in [1.807, 2.05) is 0 Å². The summed E-state index contributed by atoms with van der Waals surface area (Å²) in [4.78, 5) is -0.0132. The molecule has 0 aliphatic carbocycles. The molecule has 0 saturated heterocycles. The fraction of sp³-hybridized carbons (Fsp3) is 0. The van der Waals surface area contributed by atoms with E-state index in [0.717, 1.165) is 16.4 Å². The highest BCUT2D eigenvalue weighted by Crippen LogP contribution is 2.30. The van der Waals surface area contributed by atoms with Crippen LogP contribution in [0.25, 0.3) is 0 Å². The van der Waals surface area contributed by atoms with Crippen molar-refractivity contribution in [3.8, 4) is 0 Å². The monoisotopic (exact) mass is 317 g/mol. The van der Waals surface area contributed by atoms with Gasteiger partial charge in [0.1, 0.15) is 5.82 Å². The second-order valence-corrected chi connectivity index (χ2v) is 6.28. The molecule has 3 aromatic rings. The van der Waals surface area contributed by atoms with Crippen LogP contribution in [0.5, 0.6) is 0 Å². The first-order chi connectivity index (χ1) is 10.6.